The first-order chi connectivity index (χ1) is 10.2. The lowest BCUT2D eigenvalue weighted by molar-refractivity contribution is -0.234. The summed E-state index contributed by atoms with van der Waals surface area (Å²) in [5.74, 6) is -0.607. The van der Waals surface area contributed by atoms with Gasteiger partial charge in [0.05, 0.1) is 0 Å². The Labute approximate surface area is 128 Å². The lowest BCUT2D eigenvalue weighted by Crippen LogP contribution is -2.24. The maximum Gasteiger partial charge on any atom is 0.342 e. The average molecular weight is 301 g/mol. The topological polar surface area (TPSA) is 75.6 Å². The van der Waals surface area contributed by atoms with E-state index in [9.17, 15) is 9.59 Å². The van der Waals surface area contributed by atoms with Crippen LogP contribution in [0.2, 0.25) is 0 Å². The molecule has 21 heavy (non-hydrogen) atoms. The van der Waals surface area contributed by atoms with Gasteiger partial charge < -0.3 is 10.2 Å². The Bertz CT molecular complexity index is 269. The summed E-state index contributed by atoms with van der Waals surface area (Å²) in [6.07, 6.45) is 11.8. The molecule has 0 aliphatic rings. The second-order valence-electron chi connectivity index (χ2n) is 5.50. The molecule has 0 atom stereocenters. The largest absolute Gasteiger partial charge is 0.356 e. The van der Waals surface area contributed by atoms with Crippen LogP contribution in [-0.2, 0) is 14.5 Å². The highest BCUT2D eigenvalue weighted by molar-refractivity contribution is 5.75. The summed E-state index contributed by atoms with van der Waals surface area (Å²) < 4.78 is 0. The third-order valence-corrected chi connectivity index (χ3v) is 3.49. The van der Waals surface area contributed by atoms with Crippen LogP contribution in [0.15, 0.2) is 0 Å². The molecule has 0 spiro atoms. The summed E-state index contributed by atoms with van der Waals surface area (Å²) >= 11 is 0. The van der Waals surface area contributed by atoms with Crippen molar-refractivity contribution in [2.45, 2.75) is 84.0 Å². The van der Waals surface area contributed by atoms with Gasteiger partial charge in [0.2, 0.25) is 5.91 Å². The molecule has 0 aromatic rings. The second-order valence-corrected chi connectivity index (χ2v) is 5.50. The highest BCUT2D eigenvalue weighted by Gasteiger charge is 2.04. The molecule has 0 aliphatic carbocycles. The van der Waals surface area contributed by atoms with E-state index in [1.807, 2.05) is 0 Å². The van der Waals surface area contributed by atoms with Gasteiger partial charge in [-0.1, -0.05) is 51.9 Å². The van der Waals surface area contributed by atoms with Gasteiger partial charge in [-0.05, 0) is 19.3 Å². The van der Waals surface area contributed by atoms with Crippen molar-refractivity contribution in [1.82, 2.24) is 5.32 Å². The molecule has 0 aromatic carbocycles. The summed E-state index contributed by atoms with van der Waals surface area (Å²) in [5.41, 5.74) is 0. The maximum absolute atomic E-state index is 11.5. The van der Waals surface area contributed by atoms with E-state index in [2.05, 4.69) is 17.1 Å². The van der Waals surface area contributed by atoms with Crippen LogP contribution in [0, 0.1) is 0 Å². The Kier molecular flexibility index (Phi) is 14.5. The molecule has 0 radical (unpaired) electrons. The van der Waals surface area contributed by atoms with E-state index < -0.39 is 5.97 Å². The first-order valence-corrected chi connectivity index (χ1v) is 8.31. The van der Waals surface area contributed by atoms with Gasteiger partial charge in [0, 0.05) is 19.4 Å². The monoisotopic (exact) mass is 301 g/mol. The molecule has 0 aromatic heterocycles. The SMILES string of the molecule is CCCCCCCCCCNC(=O)CCCCC(=O)OO. The van der Waals surface area contributed by atoms with E-state index in [4.69, 9.17) is 5.26 Å². The molecular formula is C16H31NO4. The third kappa shape index (κ3) is 15.1. The second kappa shape index (κ2) is 15.3. The summed E-state index contributed by atoms with van der Waals surface area (Å²) in [7, 11) is 0. The van der Waals surface area contributed by atoms with Crippen molar-refractivity contribution in [3.05, 3.63) is 0 Å². The zero-order valence-corrected chi connectivity index (χ0v) is 13.4. The average Bonchev–Trinajstić information content (AvgIpc) is 2.49. The van der Waals surface area contributed by atoms with Gasteiger partial charge in [-0.25, -0.2) is 4.79 Å². The minimum atomic E-state index is -0.644. The van der Waals surface area contributed by atoms with Gasteiger partial charge >= 0.3 is 5.97 Å². The van der Waals surface area contributed by atoms with E-state index in [-0.39, 0.29) is 12.3 Å². The van der Waals surface area contributed by atoms with Gasteiger partial charge in [-0.15, -0.1) is 0 Å². The molecule has 0 aliphatic heterocycles. The summed E-state index contributed by atoms with van der Waals surface area (Å²) in [5, 5.41) is 11.0. The molecular weight excluding hydrogens is 270 g/mol. The predicted octanol–water partition coefficient (Wildman–Crippen LogP) is 3.82. The molecule has 0 unspecified atom stereocenters. The predicted molar refractivity (Wildman–Crippen MR) is 82.8 cm³/mol. The van der Waals surface area contributed by atoms with Crippen molar-refractivity contribution in [3.8, 4) is 0 Å². The molecule has 0 saturated heterocycles. The minimum absolute atomic E-state index is 0.0373. The number of carbonyl (C=O) groups excluding carboxylic acids is 2. The highest BCUT2D eigenvalue weighted by atomic mass is 17.1. The summed E-state index contributed by atoms with van der Waals surface area (Å²) in [6.45, 7) is 2.97. The number of nitrogens with one attached hydrogen (secondary N) is 1. The van der Waals surface area contributed by atoms with Gasteiger partial charge in [0.15, 0.2) is 0 Å². The van der Waals surface area contributed by atoms with Gasteiger partial charge in [-0.3, -0.25) is 4.79 Å². The van der Waals surface area contributed by atoms with Crippen LogP contribution >= 0.6 is 0 Å². The number of carbonyl (C=O) groups is 2. The standard InChI is InChI=1S/C16H31NO4/c1-2-3-4-5-6-7-8-11-14-17-15(18)12-9-10-13-16(19)21-20/h20H,2-14H2,1H3,(H,17,18). The molecule has 0 heterocycles. The summed E-state index contributed by atoms with van der Waals surface area (Å²) in [4.78, 5) is 25.7. The molecule has 2 N–H and O–H groups in total. The Morgan fingerprint density at radius 1 is 0.857 bits per heavy atom. The molecule has 1 amide bonds. The van der Waals surface area contributed by atoms with Crippen molar-refractivity contribution in [3.63, 3.8) is 0 Å². The smallest absolute Gasteiger partial charge is 0.342 e. The van der Waals surface area contributed by atoms with E-state index >= 15 is 0 Å². The number of unbranched alkanes of at least 4 members (excludes halogenated alkanes) is 8. The zero-order valence-electron chi connectivity index (χ0n) is 13.4. The van der Waals surface area contributed by atoms with Crippen molar-refractivity contribution >= 4 is 11.9 Å². The first-order valence-electron chi connectivity index (χ1n) is 8.31. The fraction of sp³-hybridized carbons (Fsp3) is 0.875. The molecule has 0 rings (SSSR count). The quantitative estimate of drug-likeness (QED) is 0.290. The summed E-state index contributed by atoms with van der Waals surface area (Å²) in [6, 6.07) is 0. The molecule has 0 bridgehead atoms. The maximum atomic E-state index is 11.5. The van der Waals surface area contributed by atoms with E-state index in [1.54, 1.807) is 0 Å². The van der Waals surface area contributed by atoms with Crippen LogP contribution in [0.4, 0.5) is 0 Å². The van der Waals surface area contributed by atoms with Crippen LogP contribution < -0.4 is 5.32 Å². The highest BCUT2D eigenvalue weighted by Crippen LogP contribution is 2.08. The molecule has 5 heteroatoms. The van der Waals surface area contributed by atoms with E-state index in [1.165, 1.54) is 44.9 Å². The number of hydrogen-bond acceptors (Lipinski definition) is 4. The zero-order chi connectivity index (χ0) is 15.8. The van der Waals surface area contributed by atoms with Crippen molar-refractivity contribution in [2.24, 2.45) is 0 Å². The number of hydrogen-bond donors (Lipinski definition) is 2. The Morgan fingerprint density at radius 3 is 2.05 bits per heavy atom. The molecule has 124 valence electrons. The van der Waals surface area contributed by atoms with Crippen LogP contribution in [0.5, 0.6) is 0 Å². The van der Waals surface area contributed by atoms with Gasteiger partial charge in [0.25, 0.3) is 0 Å². The fourth-order valence-electron chi connectivity index (χ4n) is 2.18. The normalized spacial score (nSPS) is 10.4. The fourth-order valence-corrected chi connectivity index (χ4v) is 2.18. The molecule has 0 fully saturated rings. The minimum Gasteiger partial charge on any atom is -0.356 e. The Balaban J connectivity index is 3.21. The molecule has 0 saturated carbocycles. The lowest BCUT2D eigenvalue weighted by atomic mass is 10.1. The van der Waals surface area contributed by atoms with Crippen molar-refractivity contribution < 1.29 is 19.7 Å². The first kappa shape index (κ1) is 19.9. The van der Waals surface area contributed by atoms with Crippen molar-refractivity contribution in [2.75, 3.05) is 6.54 Å². The van der Waals surface area contributed by atoms with E-state index in [0.717, 1.165) is 13.0 Å². The van der Waals surface area contributed by atoms with E-state index in [0.29, 0.717) is 19.3 Å². The molecule has 5 nitrogen and oxygen atoms in total. The Morgan fingerprint density at radius 2 is 1.43 bits per heavy atom. The van der Waals surface area contributed by atoms with Gasteiger partial charge in [0.1, 0.15) is 0 Å². The lowest BCUT2D eigenvalue weighted by Gasteiger charge is -2.05. The van der Waals surface area contributed by atoms with Crippen molar-refractivity contribution in [1.29, 1.82) is 0 Å². The number of rotatable bonds is 14. The van der Waals surface area contributed by atoms with Gasteiger partial charge in [-0.2, -0.15) is 5.26 Å². The van der Waals surface area contributed by atoms with Crippen LogP contribution in [0.1, 0.15) is 84.0 Å². The number of amides is 1. The third-order valence-electron chi connectivity index (χ3n) is 3.49. The van der Waals surface area contributed by atoms with Crippen LogP contribution in [0.3, 0.4) is 0 Å². The van der Waals surface area contributed by atoms with Crippen LogP contribution in [0.25, 0.3) is 0 Å². The Hall–Kier alpha value is -1.10. The van der Waals surface area contributed by atoms with Crippen LogP contribution in [-0.4, -0.2) is 23.7 Å².